The predicted octanol–water partition coefficient (Wildman–Crippen LogP) is 9.83. The molecule has 0 unspecified atom stereocenters. The lowest BCUT2D eigenvalue weighted by Gasteiger charge is -2.36. The first-order valence-corrected chi connectivity index (χ1v) is 33.1. The van der Waals surface area contributed by atoms with Gasteiger partial charge < -0.3 is 39.9 Å². The van der Waals surface area contributed by atoms with Crippen molar-refractivity contribution < 1.29 is 64.4 Å². The highest BCUT2D eigenvalue weighted by atomic mass is 32.3. The first-order chi connectivity index (χ1) is 36.5. The van der Waals surface area contributed by atoms with Gasteiger partial charge in [0, 0.05) is 37.6 Å². The number of aromatic nitrogens is 2. The quantitative estimate of drug-likeness (QED) is 0.0513. The van der Waals surface area contributed by atoms with Crippen LogP contribution in [0.5, 0.6) is 0 Å². The molecule has 4 aromatic rings. The summed E-state index contributed by atoms with van der Waals surface area (Å²) < 4.78 is 104. The monoisotopic (exact) mass is 1190 g/mol. The summed E-state index contributed by atoms with van der Waals surface area (Å²) in [5.74, 6) is -2.64. The van der Waals surface area contributed by atoms with Crippen LogP contribution in [0, 0.1) is 34.3 Å². The number of carbonyl (C=O) groups excluding carboxylic acids is 2. The fraction of sp³-hybridized carbons (Fsp3) is 0.577. The number of halogens is 2. The van der Waals surface area contributed by atoms with Crippen molar-refractivity contribution >= 4 is 74.5 Å². The van der Waals surface area contributed by atoms with Crippen LogP contribution in [0.3, 0.4) is 0 Å². The maximum Gasteiger partial charge on any atom is 0.333 e. The summed E-state index contributed by atoms with van der Waals surface area (Å²) in [4.78, 5) is 34.6. The van der Waals surface area contributed by atoms with E-state index in [1.165, 1.54) is 39.8 Å². The smallest absolute Gasteiger partial charge is 0.333 e. The van der Waals surface area contributed by atoms with Crippen molar-refractivity contribution in [2.45, 2.75) is 176 Å². The molecule has 27 heteroatoms. The van der Waals surface area contributed by atoms with Gasteiger partial charge in [0.15, 0.2) is 16.7 Å². The number of hydrogen-bond donors (Lipinski definition) is 7. The number of nitrogens with one attached hydrogen (secondary N) is 4. The van der Waals surface area contributed by atoms with Gasteiger partial charge >= 0.3 is 12.1 Å². The van der Waals surface area contributed by atoms with Crippen LogP contribution in [0.15, 0.2) is 20.6 Å². The number of hydrogen-bond acceptors (Lipinski definition) is 18. The van der Waals surface area contributed by atoms with E-state index in [1.54, 1.807) is 27.7 Å². The molecule has 2 aromatic heterocycles. The third kappa shape index (κ3) is 15.5. The van der Waals surface area contributed by atoms with E-state index in [-0.39, 0.29) is 82.7 Å². The Morgan fingerprint density at radius 3 is 1.39 bits per heavy atom. The highest BCUT2D eigenvalue weighted by Gasteiger charge is 2.40. The van der Waals surface area contributed by atoms with Gasteiger partial charge in [-0.2, -0.15) is 10.5 Å². The van der Waals surface area contributed by atoms with E-state index >= 15 is 8.78 Å². The van der Waals surface area contributed by atoms with Crippen molar-refractivity contribution in [3.63, 3.8) is 0 Å². The summed E-state index contributed by atoms with van der Waals surface area (Å²) in [5.41, 5.74) is -1.75. The second-order valence-corrected chi connectivity index (χ2v) is 33.1. The number of urea groups is 2. The summed E-state index contributed by atoms with van der Waals surface area (Å²) in [6.45, 7) is 23.9. The van der Waals surface area contributed by atoms with Crippen molar-refractivity contribution in [1.29, 1.82) is 10.5 Å². The lowest BCUT2D eigenvalue weighted by molar-refractivity contribution is 0.0773. The van der Waals surface area contributed by atoms with Crippen LogP contribution in [-0.2, 0) is 58.4 Å². The van der Waals surface area contributed by atoms with Crippen LogP contribution in [0.25, 0.3) is 0 Å². The Morgan fingerprint density at radius 1 is 0.722 bits per heavy atom. The molecule has 2 aliphatic heterocycles. The highest BCUT2D eigenvalue weighted by molar-refractivity contribution is 7.92. The van der Waals surface area contributed by atoms with E-state index in [0.717, 1.165) is 11.3 Å². The standard InChI is InChI=1S/C29H43FN4O6S2Si.C23H29FN4O6S2/c1-17(2)22-23(30)19(15-31)14-20(18-10-12-39-13-11-18)24(22)33-27(35)34-42(37,38)25-21(32-26(41-25)29(6,7)36)16-40-43(8,9)28(3,4)5;1-12(2)17-18(24)14(10-25)9-15(13-5-7-34-8-6-13)19(17)27-22(30)28-36(32,33)20-16(11-29)26-21(35-20)23(3,4)31/h14,17-18,36H,10-13,16H2,1-9H3,(H2,33,34,35);9,12-13,29,31H,5-8,11H2,1-4H3,(H2,27,28,30). The molecule has 2 aromatic carbocycles. The maximum absolute atomic E-state index is 15.4. The maximum atomic E-state index is 15.4. The second kappa shape index (κ2) is 25.4. The van der Waals surface area contributed by atoms with Crippen molar-refractivity contribution in [1.82, 2.24) is 19.4 Å². The molecule has 6 rings (SSSR count). The minimum atomic E-state index is -4.50. The number of amides is 4. The number of thiazole rings is 2. The molecule has 434 valence electrons. The Labute approximate surface area is 470 Å². The Balaban J connectivity index is 0.000000295. The number of nitriles is 2. The number of ether oxygens (including phenoxy) is 2. The second-order valence-electron chi connectivity index (χ2n) is 22.5. The van der Waals surface area contributed by atoms with Crippen molar-refractivity contribution in [2.24, 2.45) is 0 Å². The van der Waals surface area contributed by atoms with E-state index in [4.69, 9.17) is 13.9 Å². The molecule has 0 spiro atoms. The number of rotatable bonds is 16. The number of aliphatic hydroxyl groups is 3. The normalized spacial score (nSPS) is 15.3. The average Bonchev–Trinajstić information content (AvgIpc) is 4.14. The summed E-state index contributed by atoms with van der Waals surface area (Å²) in [6.07, 6.45) is 2.37. The summed E-state index contributed by atoms with van der Waals surface area (Å²) >= 11 is 1.38. The SMILES string of the molecule is CC(C)c1c(F)c(C#N)cc(C2CCOCC2)c1NC(=O)NS(=O)(=O)c1sc(C(C)(C)O)nc1CO.CC(C)c1c(F)c(C#N)cc(C2CCOCC2)c1NC(=O)NS(=O)(=O)c1sc(C(C)(C)O)nc1CO[Si](C)(C)C(C)(C)C. The van der Waals surface area contributed by atoms with Crippen LogP contribution >= 0.6 is 22.7 Å². The van der Waals surface area contributed by atoms with E-state index in [2.05, 4.69) is 46.1 Å². The first kappa shape index (κ1) is 64.8. The van der Waals surface area contributed by atoms with E-state index < -0.39 is 85.9 Å². The van der Waals surface area contributed by atoms with Gasteiger partial charge in [-0.05, 0) is 118 Å². The number of nitrogens with zero attached hydrogens (tertiary/aromatic N) is 4. The molecule has 79 heavy (non-hydrogen) atoms. The largest absolute Gasteiger partial charge is 0.411 e. The van der Waals surface area contributed by atoms with Gasteiger partial charge in [-0.15, -0.1) is 22.7 Å². The van der Waals surface area contributed by atoms with E-state index in [0.29, 0.717) is 74.6 Å². The number of benzene rings is 2. The number of carbonyl (C=O) groups is 2. The van der Waals surface area contributed by atoms with Gasteiger partial charge in [-0.1, -0.05) is 48.5 Å². The van der Waals surface area contributed by atoms with Gasteiger partial charge in [-0.25, -0.2) is 54.6 Å². The molecule has 0 radical (unpaired) electrons. The molecular formula is C52H72F2N8O12S4Si. The molecular weight excluding hydrogens is 1120 g/mol. The fourth-order valence-electron chi connectivity index (χ4n) is 8.48. The zero-order valence-electron chi connectivity index (χ0n) is 46.7. The number of anilines is 2. The van der Waals surface area contributed by atoms with Gasteiger partial charge in [0.25, 0.3) is 20.0 Å². The Bertz CT molecular complexity index is 3210. The van der Waals surface area contributed by atoms with Crippen molar-refractivity contribution in [3.8, 4) is 12.1 Å². The molecule has 2 aliphatic rings. The molecule has 0 saturated carbocycles. The van der Waals surface area contributed by atoms with E-state index in [1.807, 2.05) is 30.0 Å². The average molecular weight is 1200 g/mol. The van der Waals surface area contributed by atoms with Crippen LogP contribution in [0.1, 0.15) is 180 Å². The summed E-state index contributed by atoms with van der Waals surface area (Å²) in [7, 11) is -11.3. The Morgan fingerprint density at radius 2 is 1.08 bits per heavy atom. The van der Waals surface area contributed by atoms with Crippen molar-refractivity contribution in [3.05, 3.63) is 78.6 Å². The minimum absolute atomic E-state index is 0.0467. The van der Waals surface area contributed by atoms with Crippen LogP contribution in [-0.4, -0.2) is 88.9 Å². The molecule has 2 saturated heterocycles. The Hall–Kier alpha value is -5.04. The molecule has 20 nitrogen and oxygen atoms in total. The topological polar surface area (TPSA) is 312 Å². The Kier molecular flexibility index (Phi) is 20.8. The minimum Gasteiger partial charge on any atom is -0.411 e. The lowest BCUT2D eigenvalue weighted by Crippen LogP contribution is -2.40. The highest BCUT2D eigenvalue weighted by Crippen LogP contribution is 2.43. The predicted molar refractivity (Wildman–Crippen MR) is 297 cm³/mol. The third-order valence-corrected chi connectivity index (χ3v) is 24.8. The molecule has 0 bridgehead atoms. The molecule has 0 atom stereocenters. The summed E-state index contributed by atoms with van der Waals surface area (Å²) in [5, 5.41) is 54.6. The lowest BCUT2D eigenvalue weighted by atomic mass is 9.85. The first-order valence-electron chi connectivity index (χ1n) is 25.5. The van der Waals surface area contributed by atoms with Crippen LogP contribution in [0.4, 0.5) is 29.7 Å². The third-order valence-electron chi connectivity index (χ3n) is 13.7. The van der Waals surface area contributed by atoms with Gasteiger partial charge in [0.1, 0.15) is 45.0 Å². The molecule has 2 fully saturated rings. The molecule has 7 N–H and O–H groups in total. The number of sulfonamides is 2. The van der Waals surface area contributed by atoms with E-state index in [9.17, 15) is 52.3 Å². The fourth-order valence-corrected chi connectivity index (χ4v) is 14.2. The van der Waals surface area contributed by atoms with Gasteiger partial charge in [0.2, 0.25) is 0 Å². The summed E-state index contributed by atoms with van der Waals surface area (Å²) in [6, 6.07) is 4.34. The van der Waals surface area contributed by atoms with Crippen LogP contribution < -0.4 is 20.1 Å². The van der Waals surface area contributed by atoms with Crippen LogP contribution in [0.2, 0.25) is 18.1 Å². The zero-order chi connectivity index (χ0) is 59.4. The molecule has 0 aliphatic carbocycles. The van der Waals surface area contributed by atoms with Crippen molar-refractivity contribution in [2.75, 3.05) is 37.1 Å². The number of aliphatic hydroxyl groups excluding tert-OH is 1. The van der Waals surface area contributed by atoms with Gasteiger partial charge in [0.05, 0.1) is 47.1 Å². The zero-order valence-corrected chi connectivity index (χ0v) is 51.0. The molecule has 4 heterocycles. The molecule has 4 amide bonds. The van der Waals surface area contributed by atoms with Gasteiger partial charge in [-0.3, -0.25) is 0 Å².